The molecule has 0 saturated carbocycles. The Bertz CT molecular complexity index is 582. The van der Waals surface area contributed by atoms with Crippen LogP contribution in [0.25, 0.3) is 0 Å². The van der Waals surface area contributed by atoms with Crippen LogP contribution in [0.3, 0.4) is 0 Å². The predicted molar refractivity (Wildman–Crippen MR) is 65.0 cm³/mol. The van der Waals surface area contributed by atoms with Crippen LogP contribution in [-0.2, 0) is 0 Å². The van der Waals surface area contributed by atoms with Gasteiger partial charge in [-0.2, -0.15) is 4.39 Å². The van der Waals surface area contributed by atoms with Gasteiger partial charge in [0, 0.05) is 5.56 Å². The molecule has 2 aromatic rings. The SMILES string of the molecule is Cc1cc(O)ccc1C(=O)Nc1ccc(F)nc1. The molecule has 0 aliphatic heterocycles. The Hall–Kier alpha value is -2.43. The van der Waals surface area contributed by atoms with Gasteiger partial charge in [-0.1, -0.05) is 0 Å². The van der Waals surface area contributed by atoms with Crippen molar-refractivity contribution in [3.05, 3.63) is 53.6 Å². The molecule has 0 radical (unpaired) electrons. The van der Waals surface area contributed by atoms with Crippen LogP contribution in [0.4, 0.5) is 10.1 Å². The highest BCUT2D eigenvalue weighted by molar-refractivity contribution is 6.05. The fraction of sp³-hybridized carbons (Fsp3) is 0.0769. The number of nitrogens with zero attached hydrogens (tertiary/aromatic N) is 1. The van der Waals surface area contributed by atoms with Gasteiger partial charge in [-0.25, -0.2) is 4.98 Å². The monoisotopic (exact) mass is 246 g/mol. The van der Waals surface area contributed by atoms with E-state index in [9.17, 15) is 14.3 Å². The van der Waals surface area contributed by atoms with Crippen LogP contribution < -0.4 is 5.32 Å². The number of rotatable bonds is 2. The van der Waals surface area contributed by atoms with Crippen molar-refractivity contribution in [1.29, 1.82) is 0 Å². The molecular weight excluding hydrogens is 235 g/mol. The number of pyridine rings is 1. The normalized spacial score (nSPS) is 10.1. The summed E-state index contributed by atoms with van der Waals surface area (Å²) >= 11 is 0. The number of anilines is 1. The number of aromatic nitrogens is 1. The van der Waals surface area contributed by atoms with Crippen molar-refractivity contribution in [2.45, 2.75) is 6.92 Å². The van der Waals surface area contributed by atoms with E-state index in [4.69, 9.17) is 0 Å². The number of halogens is 1. The van der Waals surface area contributed by atoms with Crippen LogP contribution >= 0.6 is 0 Å². The summed E-state index contributed by atoms with van der Waals surface area (Å²) in [5.41, 5.74) is 1.51. The Balaban J connectivity index is 2.19. The minimum absolute atomic E-state index is 0.104. The minimum atomic E-state index is -0.603. The number of phenols is 1. The molecule has 1 heterocycles. The molecule has 92 valence electrons. The Morgan fingerprint density at radius 1 is 1.33 bits per heavy atom. The van der Waals surface area contributed by atoms with Gasteiger partial charge in [0.05, 0.1) is 11.9 Å². The van der Waals surface area contributed by atoms with E-state index in [0.29, 0.717) is 16.8 Å². The number of carbonyl (C=O) groups excluding carboxylic acids is 1. The third-order valence-electron chi connectivity index (χ3n) is 2.44. The molecule has 0 aliphatic rings. The van der Waals surface area contributed by atoms with E-state index in [1.54, 1.807) is 6.92 Å². The first kappa shape index (κ1) is 12.0. The first-order valence-corrected chi connectivity index (χ1v) is 5.29. The zero-order valence-corrected chi connectivity index (χ0v) is 9.64. The smallest absolute Gasteiger partial charge is 0.255 e. The number of hydrogen-bond donors (Lipinski definition) is 2. The average Bonchev–Trinajstić information content (AvgIpc) is 2.32. The van der Waals surface area contributed by atoms with Gasteiger partial charge in [0.2, 0.25) is 5.95 Å². The number of phenolic OH excluding ortho intramolecular Hbond substituents is 1. The van der Waals surface area contributed by atoms with E-state index in [2.05, 4.69) is 10.3 Å². The van der Waals surface area contributed by atoms with E-state index in [1.807, 2.05) is 0 Å². The summed E-state index contributed by atoms with van der Waals surface area (Å²) in [6, 6.07) is 7.05. The van der Waals surface area contributed by atoms with Gasteiger partial charge in [-0.3, -0.25) is 4.79 Å². The third kappa shape index (κ3) is 2.63. The summed E-state index contributed by atoms with van der Waals surface area (Å²) in [6.07, 6.45) is 1.24. The van der Waals surface area contributed by atoms with E-state index in [1.165, 1.54) is 36.5 Å². The molecule has 0 unspecified atom stereocenters. The Kier molecular flexibility index (Phi) is 3.23. The molecule has 5 heteroatoms. The maximum Gasteiger partial charge on any atom is 0.255 e. The van der Waals surface area contributed by atoms with Gasteiger partial charge in [0.1, 0.15) is 5.75 Å². The zero-order valence-electron chi connectivity index (χ0n) is 9.64. The maximum atomic E-state index is 12.6. The number of benzene rings is 1. The molecule has 0 fully saturated rings. The standard InChI is InChI=1S/C13H11FN2O2/c1-8-6-10(17)3-4-11(8)13(18)16-9-2-5-12(14)15-7-9/h2-7,17H,1H3,(H,16,18). The largest absolute Gasteiger partial charge is 0.508 e. The molecule has 0 spiro atoms. The summed E-state index contributed by atoms with van der Waals surface area (Å²) in [7, 11) is 0. The first-order chi connectivity index (χ1) is 8.56. The van der Waals surface area contributed by atoms with Gasteiger partial charge in [0.15, 0.2) is 0 Å². The van der Waals surface area contributed by atoms with Crippen molar-refractivity contribution in [1.82, 2.24) is 4.98 Å². The van der Waals surface area contributed by atoms with Crippen LogP contribution in [-0.4, -0.2) is 16.0 Å². The van der Waals surface area contributed by atoms with Crippen molar-refractivity contribution in [3.63, 3.8) is 0 Å². The van der Waals surface area contributed by atoms with Crippen molar-refractivity contribution in [2.24, 2.45) is 0 Å². The molecule has 4 nitrogen and oxygen atoms in total. The molecule has 0 atom stereocenters. The molecule has 18 heavy (non-hydrogen) atoms. The second kappa shape index (κ2) is 4.83. The van der Waals surface area contributed by atoms with Crippen LogP contribution in [0, 0.1) is 12.9 Å². The number of carbonyl (C=O) groups is 1. The molecule has 0 saturated heterocycles. The molecule has 1 amide bonds. The van der Waals surface area contributed by atoms with Crippen LogP contribution in [0.2, 0.25) is 0 Å². The lowest BCUT2D eigenvalue weighted by atomic mass is 10.1. The summed E-state index contributed by atoms with van der Waals surface area (Å²) < 4.78 is 12.6. The fourth-order valence-electron chi connectivity index (χ4n) is 1.55. The lowest BCUT2D eigenvalue weighted by Crippen LogP contribution is -2.13. The second-order valence-corrected chi connectivity index (χ2v) is 3.82. The lowest BCUT2D eigenvalue weighted by Gasteiger charge is -2.07. The Morgan fingerprint density at radius 2 is 2.11 bits per heavy atom. The van der Waals surface area contributed by atoms with Gasteiger partial charge < -0.3 is 10.4 Å². The van der Waals surface area contributed by atoms with Gasteiger partial charge in [-0.15, -0.1) is 0 Å². The predicted octanol–water partition coefficient (Wildman–Crippen LogP) is 2.49. The average molecular weight is 246 g/mol. The number of nitrogens with one attached hydrogen (secondary N) is 1. The molecule has 0 bridgehead atoms. The zero-order chi connectivity index (χ0) is 13.1. The minimum Gasteiger partial charge on any atom is -0.508 e. The van der Waals surface area contributed by atoms with Crippen molar-refractivity contribution in [3.8, 4) is 5.75 Å². The number of aryl methyl sites for hydroxylation is 1. The molecule has 2 N–H and O–H groups in total. The van der Waals surface area contributed by atoms with Crippen molar-refractivity contribution in [2.75, 3.05) is 5.32 Å². The number of amides is 1. The highest BCUT2D eigenvalue weighted by Gasteiger charge is 2.09. The molecular formula is C13H11FN2O2. The Labute approximate surface area is 103 Å². The highest BCUT2D eigenvalue weighted by atomic mass is 19.1. The third-order valence-corrected chi connectivity index (χ3v) is 2.44. The number of aromatic hydroxyl groups is 1. The summed E-state index contributed by atoms with van der Waals surface area (Å²) in [5, 5.41) is 11.9. The summed E-state index contributed by atoms with van der Waals surface area (Å²) in [5.74, 6) is -0.831. The second-order valence-electron chi connectivity index (χ2n) is 3.82. The van der Waals surface area contributed by atoms with Crippen LogP contribution in [0.15, 0.2) is 36.5 Å². The van der Waals surface area contributed by atoms with Gasteiger partial charge in [0.25, 0.3) is 5.91 Å². The Morgan fingerprint density at radius 3 is 2.72 bits per heavy atom. The summed E-state index contributed by atoms with van der Waals surface area (Å²) in [4.78, 5) is 15.4. The number of hydrogen-bond acceptors (Lipinski definition) is 3. The van der Waals surface area contributed by atoms with Gasteiger partial charge >= 0.3 is 0 Å². The van der Waals surface area contributed by atoms with Crippen molar-refractivity contribution >= 4 is 11.6 Å². The summed E-state index contributed by atoms with van der Waals surface area (Å²) in [6.45, 7) is 1.72. The maximum absolute atomic E-state index is 12.6. The van der Waals surface area contributed by atoms with E-state index in [0.717, 1.165) is 0 Å². The van der Waals surface area contributed by atoms with Gasteiger partial charge in [-0.05, 0) is 42.8 Å². The molecule has 1 aromatic heterocycles. The first-order valence-electron chi connectivity index (χ1n) is 5.29. The molecule has 0 aliphatic carbocycles. The highest BCUT2D eigenvalue weighted by Crippen LogP contribution is 2.17. The fourth-order valence-corrected chi connectivity index (χ4v) is 1.55. The molecule has 2 rings (SSSR count). The van der Waals surface area contributed by atoms with E-state index in [-0.39, 0.29) is 11.7 Å². The quantitative estimate of drug-likeness (QED) is 0.800. The van der Waals surface area contributed by atoms with Crippen molar-refractivity contribution < 1.29 is 14.3 Å². The van der Waals surface area contributed by atoms with Crippen LogP contribution in [0.1, 0.15) is 15.9 Å². The van der Waals surface area contributed by atoms with E-state index >= 15 is 0 Å². The lowest BCUT2D eigenvalue weighted by molar-refractivity contribution is 0.102. The topological polar surface area (TPSA) is 62.2 Å². The molecule has 1 aromatic carbocycles. The van der Waals surface area contributed by atoms with Crippen LogP contribution in [0.5, 0.6) is 5.75 Å². The van der Waals surface area contributed by atoms with E-state index < -0.39 is 5.95 Å².